The molecule has 160 valence electrons. The number of nitrogens with zero attached hydrogens (tertiary/aromatic N) is 3. The second-order valence-electron chi connectivity index (χ2n) is 7.86. The Morgan fingerprint density at radius 3 is 2.28 bits per heavy atom. The van der Waals surface area contributed by atoms with E-state index in [1.807, 2.05) is 49.4 Å². The summed E-state index contributed by atoms with van der Waals surface area (Å²) in [6.07, 6.45) is -1.02. The van der Waals surface area contributed by atoms with E-state index in [0.29, 0.717) is 11.4 Å². The van der Waals surface area contributed by atoms with Gasteiger partial charge in [-0.05, 0) is 30.7 Å². The summed E-state index contributed by atoms with van der Waals surface area (Å²) in [6.45, 7) is 1.93. The maximum absolute atomic E-state index is 13.5. The van der Waals surface area contributed by atoms with Crippen molar-refractivity contribution < 1.29 is 19.3 Å². The van der Waals surface area contributed by atoms with Crippen LogP contribution in [0.1, 0.15) is 17.2 Å². The highest BCUT2D eigenvalue weighted by Crippen LogP contribution is 2.47. The van der Waals surface area contributed by atoms with Crippen LogP contribution in [0, 0.1) is 23.0 Å². The second-order valence-corrected chi connectivity index (χ2v) is 7.86. The van der Waals surface area contributed by atoms with Crippen LogP contribution in [0.15, 0.2) is 78.9 Å². The molecule has 0 aromatic heterocycles. The van der Waals surface area contributed by atoms with Crippen LogP contribution in [-0.4, -0.2) is 22.8 Å². The zero-order valence-electron chi connectivity index (χ0n) is 17.1. The van der Waals surface area contributed by atoms with E-state index in [-0.39, 0.29) is 11.6 Å². The van der Waals surface area contributed by atoms with Crippen molar-refractivity contribution in [1.82, 2.24) is 0 Å². The number of non-ortho nitro benzene ring substituents is 1. The first kappa shape index (κ1) is 19.9. The first-order chi connectivity index (χ1) is 15.5. The van der Waals surface area contributed by atoms with Crippen molar-refractivity contribution in [2.75, 3.05) is 9.96 Å². The molecule has 2 heterocycles. The molecule has 0 radical (unpaired) electrons. The fraction of sp³-hybridized carbons (Fsp3) is 0.167. The lowest BCUT2D eigenvalue weighted by Crippen LogP contribution is -2.37. The van der Waals surface area contributed by atoms with Gasteiger partial charge < -0.3 is 0 Å². The van der Waals surface area contributed by atoms with Crippen molar-refractivity contribution >= 4 is 28.9 Å². The summed E-state index contributed by atoms with van der Waals surface area (Å²) in [7, 11) is 0. The molecule has 8 nitrogen and oxygen atoms in total. The number of anilines is 2. The predicted molar refractivity (Wildman–Crippen MR) is 117 cm³/mol. The summed E-state index contributed by atoms with van der Waals surface area (Å²) in [5.74, 6) is -1.59. The van der Waals surface area contributed by atoms with Crippen LogP contribution >= 0.6 is 0 Å². The van der Waals surface area contributed by atoms with E-state index in [0.717, 1.165) is 11.1 Å². The van der Waals surface area contributed by atoms with Crippen molar-refractivity contribution in [3.8, 4) is 0 Å². The van der Waals surface area contributed by atoms with Gasteiger partial charge >= 0.3 is 0 Å². The van der Waals surface area contributed by atoms with E-state index in [1.165, 1.54) is 22.1 Å². The van der Waals surface area contributed by atoms with Gasteiger partial charge in [0.2, 0.25) is 5.91 Å². The fourth-order valence-corrected chi connectivity index (χ4v) is 4.32. The standard InChI is InChI=1S/C24H19N3O5/c1-15-10-12-17(13-11-15)25-23(28)20-21(16-6-3-2-4-7-16)26(32-22(20)24(25)29)18-8-5-9-19(14-18)27(30)31/h2-14,20-22H,1H3/t20-,21+,22+/m0/s1. The topological polar surface area (TPSA) is 93.0 Å². The summed E-state index contributed by atoms with van der Waals surface area (Å²) in [5.41, 5.74) is 2.60. The maximum Gasteiger partial charge on any atom is 0.271 e. The van der Waals surface area contributed by atoms with Crippen LogP contribution in [0.2, 0.25) is 0 Å². The Bertz CT molecular complexity index is 1210. The van der Waals surface area contributed by atoms with Gasteiger partial charge in [-0.1, -0.05) is 54.1 Å². The summed E-state index contributed by atoms with van der Waals surface area (Å²) in [5, 5.41) is 12.7. The monoisotopic (exact) mass is 429 g/mol. The number of benzene rings is 3. The van der Waals surface area contributed by atoms with E-state index in [9.17, 15) is 19.7 Å². The number of carbonyl (C=O) groups is 2. The average molecular weight is 429 g/mol. The minimum Gasteiger partial charge on any atom is -0.273 e. The van der Waals surface area contributed by atoms with E-state index >= 15 is 0 Å². The Balaban J connectivity index is 1.58. The van der Waals surface area contributed by atoms with Crippen LogP contribution in [-0.2, 0) is 14.4 Å². The molecule has 8 heteroatoms. The van der Waals surface area contributed by atoms with Crippen molar-refractivity contribution in [3.05, 3.63) is 100 Å². The molecule has 0 saturated carbocycles. The zero-order chi connectivity index (χ0) is 22.4. The lowest BCUT2D eigenvalue weighted by molar-refractivity contribution is -0.384. The Labute approximate surface area is 183 Å². The highest BCUT2D eigenvalue weighted by atomic mass is 16.7. The van der Waals surface area contributed by atoms with Gasteiger partial charge in [-0.3, -0.25) is 24.5 Å². The molecule has 2 amide bonds. The van der Waals surface area contributed by atoms with Crippen molar-refractivity contribution in [2.24, 2.45) is 5.92 Å². The van der Waals surface area contributed by atoms with E-state index in [1.54, 1.807) is 24.3 Å². The maximum atomic E-state index is 13.5. The molecule has 0 N–H and O–H groups in total. The summed E-state index contributed by atoms with van der Waals surface area (Å²) in [4.78, 5) is 44.8. The van der Waals surface area contributed by atoms with Gasteiger partial charge in [0.25, 0.3) is 11.6 Å². The third-order valence-corrected chi connectivity index (χ3v) is 5.84. The van der Waals surface area contributed by atoms with Gasteiger partial charge in [0.15, 0.2) is 6.10 Å². The molecule has 0 unspecified atom stereocenters. The molecule has 3 aromatic carbocycles. The molecule has 2 fully saturated rings. The quantitative estimate of drug-likeness (QED) is 0.354. The molecular formula is C24H19N3O5. The minimum absolute atomic E-state index is 0.103. The normalized spacial score (nSPS) is 22.3. The van der Waals surface area contributed by atoms with Gasteiger partial charge in [0.05, 0.1) is 22.3 Å². The molecule has 2 aliphatic heterocycles. The zero-order valence-corrected chi connectivity index (χ0v) is 17.1. The number of hydrogen-bond donors (Lipinski definition) is 0. The number of carbonyl (C=O) groups excluding carboxylic acids is 2. The van der Waals surface area contributed by atoms with Crippen molar-refractivity contribution in [2.45, 2.75) is 19.1 Å². The number of nitro groups is 1. The second kappa shape index (κ2) is 7.58. The van der Waals surface area contributed by atoms with Gasteiger partial charge in [-0.2, -0.15) is 0 Å². The minimum atomic E-state index is -1.02. The van der Waals surface area contributed by atoms with Crippen LogP contribution in [0.3, 0.4) is 0 Å². The van der Waals surface area contributed by atoms with E-state index < -0.39 is 28.9 Å². The number of amides is 2. The smallest absolute Gasteiger partial charge is 0.271 e. The first-order valence-corrected chi connectivity index (χ1v) is 10.2. The van der Waals surface area contributed by atoms with Crippen LogP contribution in [0.25, 0.3) is 0 Å². The SMILES string of the molecule is Cc1ccc(N2C(=O)[C@H]3[C@@H](c4ccccc4)N(c4cccc([N+](=O)[O-])c4)O[C@H]3C2=O)cc1. The Morgan fingerprint density at radius 1 is 0.875 bits per heavy atom. The molecule has 0 spiro atoms. The number of fused-ring (bicyclic) bond motifs is 1. The molecule has 3 aromatic rings. The molecular weight excluding hydrogens is 410 g/mol. The Kier molecular flexibility index (Phi) is 4.71. The molecule has 32 heavy (non-hydrogen) atoms. The number of hydroxylamine groups is 1. The van der Waals surface area contributed by atoms with Crippen molar-refractivity contribution in [1.29, 1.82) is 0 Å². The van der Waals surface area contributed by atoms with Crippen LogP contribution in [0.5, 0.6) is 0 Å². The average Bonchev–Trinajstić information content (AvgIpc) is 3.31. The third kappa shape index (κ3) is 3.12. The number of nitro benzene ring substituents is 1. The summed E-state index contributed by atoms with van der Waals surface area (Å²) in [6, 6.07) is 21.8. The summed E-state index contributed by atoms with van der Waals surface area (Å²) >= 11 is 0. The number of imide groups is 1. The molecule has 3 atom stereocenters. The number of hydrogen-bond acceptors (Lipinski definition) is 6. The fourth-order valence-electron chi connectivity index (χ4n) is 4.32. The molecule has 2 aliphatic rings. The highest BCUT2D eigenvalue weighted by Gasteiger charge is 2.60. The molecule has 0 bridgehead atoms. The largest absolute Gasteiger partial charge is 0.273 e. The van der Waals surface area contributed by atoms with Gasteiger partial charge in [-0.25, -0.2) is 9.96 Å². The first-order valence-electron chi connectivity index (χ1n) is 10.2. The number of aryl methyl sites for hydroxylation is 1. The van der Waals surface area contributed by atoms with Crippen LogP contribution < -0.4 is 9.96 Å². The van der Waals surface area contributed by atoms with Crippen LogP contribution in [0.4, 0.5) is 17.1 Å². The Hall–Kier alpha value is -4.04. The lowest BCUT2D eigenvalue weighted by atomic mass is 9.90. The van der Waals surface area contributed by atoms with Crippen molar-refractivity contribution in [3.63, 3.8) is 0 Å². The lowest BCUT2D eigenvalue weighted by Gasteiger charge is -2.28. The highest BCUT2D eigenvalue weighted by molar-refractivity contribution is 6.23. The van der Waals surface area contributed by atoms with E-state index in [2.05, 4.69) is 0 Å². The number of rotatable bonds is 4. The summed E-state index contributed by atoms with van der Waals surface area (Å²) < 4.78 is 0. The van der Waals surface area contributed by atoms with Gasteiger partial charge in [0.1, 0.15) is 5.92 Å². The molecule has 5 rings (SSSR count). The van der Waals surface area contributed by atoms with E-state index in [4.69, 9.17) is 4.84 Å². The Morgan fingerprint density at radius 2 is 1.59 bits per heavy atom. The molecule has 2 saturated heterocycles. The van der Waals surface area contributed by atoms with Gasteiger partial charge in [-0.15, -0.1) is 0 Å². The predicted octanol–water partition coefficient (Wildman–Crippen LogP) is 3.95. The third-order valence-electron chi connectivity index (χ3n) is 5.84. The van der Waals surface area contributed by atoms with Gasteiger partial charge in [0, 0.05) is 12.1 Å². The molecule has 0 aliphatic carbocycles.